The van der Waals surface area contributed by atoms with Gasteiger partial charge in [-0.3, -0.25) is 0 Å². The molecule has 0 bridgehead atoms. The standard InChI is InChI=1S/C12H15FN2O2S/c1-9(2)8-15(3)18(16,17)12-6-4-5-11(13)10(12)7-14/h4-6,9H,8H2,1-3H3. The van der Waals surface area contributed by atoms with E-state index in [-0.39, 0.29) is 10.8 Å². The van der Waals surface area contributed by atoms with E-state index in [4.69, 9.17) is 5.26 Å². The second-order valence-electron chi connectivity index (χ2n) is 4.40. The van der Waals surface area contributed by atoms with Crippen LogP contribution in [0.3, 0.4) is 0 Å². The van der Waals surface area contributed by atoms with Gasteiger partial charge in [-0.15, -0.1) is 0 Å². The molecule has 0 fully saturated rings. The monoisotopic (exact) mass is 270 g/mol. The molecule has 0 aliphatic heterocycles. The zero-order valence-corrected chi connectivity index (χ0v) is 11.3. The third-order valence-corrected chi connectivity index (χ3v) is 4.26. The van der Waals surface area contributed by atoms with E-state index < -0.39 is 21.4 Å². The first-order valence-corrected chi connectivity index (χ1v) is 6.89. The van der Waals surface area contributed by atoms with Gasteiger partial charge in [0.15, 0.2) is 0 Å². The highest BCUT2D eigenvalue weighted by atomic mass is 32.2. The smallest absolute Gasteiger partial charge is 0.207 e. The lowest BCUT2D eigenvalue weighted by atomic mass is 10.2. The van der Waals surface area contributed by atoms with Gasteiger partial charge in [-0.2, -0.15) is 5.26 Å². The summed E-state index contributed by atoms with van der Waals surface area (Å²) in [4.78, 5) is -0.284. The summed E-state index contributed by atoms with van der Waals surface area (Å²) < 4.78 is 38.9. The fourth-order valence-corrected chi connectivity index (χ4v) is 3.09. The lowest BCUT2D eigenvalue weighted by Crippen LogP contribution is -2.31. The molecule has 0 aromatic heterocycles. The number of hydrogen-bond acceptors (Lipinski definition) is 3. The molecule has 1 aromatic carbocycles. The molecule has 0 radical (unpaired) electrons. The van der Waals surface area contributed by atoms with Crippen molar-refractivity contribution in [2.45, 2.75) is 18.7 Å². The van der Waals surface area contributed by atoms with Crippen LogP contribution < -0.4 is 0 Å². The second-order valence-corrected chi connectivity index (χ2v) is 6.42. The topological polar surface area (TPSA) is 61.2 Å². The van der Waals surface area contributed by atoms with Crippen molar-refractivity contribution in [3.05, 3.63) is 29.6 Å². The minimum Gasteiger partial charge on any atom is -0.207 e. The van der Waals surface area contributed by atoms with Gasteiger partial charge in [0, 0.05) is 13.6 Å². The molecular weight excluding hydrogens is 255 g/mol. The molecule has 0 atom stereocenters. The Kier molecular flexibility index (Phi) is 4.43. The van der Waals surface area contributed by atoms with Crippen molar-refractivity contribution in [2.75, 3.05) is 13.6 Å². The number of halogens is 1. The number of rotatable bonds is 4. The zero-order chi connectivity index (χ0) is 13.9. The van der Waals surface area contributed by atoms with E-state index in [2.05, 4.69) is 0 Å². The van der Waals surface area contributed by atoms with E-state index in [1.54, 1.807) is 6.07 Å². The molecule has 6 heteroatoms. The highest BCUT2D eigenvalue weighted by Crippen LogP contribution is 2.21. The zero-order valence-electron chi connectivity index (χ0n) is 10.5. The van der Waals surface area contributed by atoms with Crippen LogP contribution in [0, 0.1) is 23.1 Å². The van der Waals surface area contributed by atoms with Crippen LogP contribution in [-0.4, -0.2) is 26.3 Å². The molecule has 98 valence electrons. The summed E-state index contributed by atoms with van der Waals surface area (Å²) in [6.07, 6.45) is 0. The summed E-state index contributed by atoms with van der Waals surface area (Å²) in [6, 6.07) is 5.19. The van der Waals surface area contributed by atoms with E-state index in [1.807, 2.05) is 13.8 Å². The van der Waals surface area contributed by atoms with Crippen molar-refractivity contribution < 1.29 is 12.8 Å². The first-order chi connectivity index (χ1) is 8.30. The SMILES string of the molecule is CC(C)CN(C)S(=O)(=O)c1cccc(F)c1C#N. The minimum absolute atomic E-state index is 0.142. The van der Waals surface area contributed by atoms with Crippen LogP contribution in [0.15, 0.2) is 23.1 Å². The molecule has 0 aliphatic carbocycles. The number of nitrogens with zero attached hydrogens (tertiary/aromatic N) is 2. The first kappa shape index (κ1) is 14.6. The van der Waals surface area contributed by atoms with Gasteiger partial charge in [-0.25, -0.2) is 17.1 Å². The predicted molar refractivity (Wildman–Crippen MR) is 65.8 cm³/mol. The Labute approximate surface area is 107 Å². The van der Waals surface area contributed by atoms with Crippen molar-refractivity contribution >= 4 is 10.0 Å². The molecule has 0 saturated heterocycles. The molecule has 0 spiro atoms. The molecule has 4 nitrogen and oxygen atoms in total. The lowest BCUT2D eigenvalue weighted by Gasteiger charge is -2.19. The fourth-order valence-electron chi connectivity index (χ4n) is 1.61. The molecule has 18 heavy (non-hydrogen) atoms. The summed E-state index contributed by atoms with van der Waals surface area (Å²) in [5.74, 6) is -0.680. The summed E-state index contributed by atoms with van der Waals surface area (Å²) in [5, 5.41) is 8.85. The molecule has 0 amide bonds. The van der Waals surface area contributed by atoms with Gasteiger partial charge < -0.3 is 0 Å². The van der Waals surface area contributed by atoms with Crippen molar-refractivity contribution in [3.8, 4) is 6.07 Å². The quantitative estimate of drug-likeness (QED) is 0.840. The number of nitriles is 1. The summed E-state index contributed by atoms with van der Waals surface area (Å²) in [5.41, 5.74) is -0.437. The van der Waals surface area contributed by atoms with Crippen molar-refractivity contribution in [1.29, 1.82) is 5.26 Å². The summed E-state index contributed by atoms with van der Waals surface area (Å²) in [7, 11) is -2.41. The predicted octanol–water partition coefficient (Wildman–Crippen LogP) is 1.97. The van der Waals surface area contributed by atoms with Gasteiger partial charge in [0.25, 0.3) is 0 Å². The Balaban J connectivity index is 3.30. The molecule has 0 saturated carbocycles. The van der Waals surface area contributed by atoms with Gasteiger partial charge in [0.05, 0.1) is 0 Å². The Bertz CT molecular complexity index is 576. The largest absolute Gasteiger partial charge is 0.244 e. The maximum absolute atomic E-state index is 13.4. The van der Waals surface area contributed by atoms with Crippen LogP contribution in [-0.2, 0) is 10.0 Å². The highest BCUT2D eigenvalue weighted by molar-refractivity contribution is 7.89. The van der Waals surface area contributed by atoms with Crippen molar-refractivity contribution in [3.63, 3.8) is 0 Å². The van der Waals surface area contributed by atoms with E-state index in [1.165, 1.54) is 19.2 Å². The average Bonchev–Trinajstić information content (AvgIpc) is 2.27. The fraction of sp³-hybridized carbons (Fsp3) is 0.417. The van der Waals surface area contributed by atoms with Crippen LogP contribution >= 0.6 is 0 Å². The van der Waals surface area contributed by atoms with Crippen molar-refractivity contribution in [1.82, 2.24) is 4.31 Å². The summed E-state index contributed by atoms with van der Waals surface area (Å²) in [6.45, 7) is 4.06. The Morgan fingerprint density at radius 1 is 1.44 bits per heavy atom. The van der Waals surface area contributed by atoms with Crippen molar-refractivity contribution in [2.24, 2.45) is 5.92 Å². The number of sulfonamides is 1. The number of benzene rings is 1. The Hall–Kier alpha value is -1.45. The van der Waals surface area contributed by atoms with Crippen LogP contribution in [0.25, 0.3) is 0 Å². The molecule has 0 aliphatic rings. The maximum atomic E-state index is 13.4. The van der Waals surface area contributed by atoms with Crippen LogP contribution in [0.5, 0.6) is 0 Å². The Morgan fingerprint density at radius 2 is 2.06 bits per heavy atom. The maximum Gasteiger partial charge on any atom is 0.244 e. The van der Waals surface area contributed by atoms with Gasteiger partial charge in [-0.05, 0) is 18.1 Å². The van der Waals surface area contributed by atoms with Gasteiger partial charge in [0.1, 0.15) is 22.3 Å². The van der Waals surface area contributed by atoms with E-state index in [0.717, 1.165) is 10.4 Å². The van der Waals surface area contributed by atoms with Crippen LogP contribution in [0.1, 0.15) is 19.4 Å². The second kappa shape index (κ2) is 5.46. The molecule has 1 rings (SSSR count). The normalized spacial score (nSPS) is 11.8. The average molecular weight is 270 g/mol. The van der Waals surface area contributed by atoms with Gasteiger partial charge in [0.2, 0.25) is 10.0 Å². The first-order valence-electron chi connectivity index (χ1n) is 5.45. The third-order valence-electron chi connectivity index (χ3n) is 2.40. The van der Waals surface area contributed by atoms with Gasteiger partial charge >= 0.3 is 0 Å². The van der Waals surface area contributed by atoms with E-state index in [9.17, 15) is 12.8 Å². The molecule has 1 aromatic rings. The minimum atomic E-state index is -3.83. The number of hydrogen-bond donors (Lipinski definition) is 0. The molecule has 0 unspecified atom stereocenters. The van der Waals surface area contributed by atoms with Crippen LogP contribution in [0.4, 0.5) is 4.39 Å². The molecular formula is C12H15FN2O2S. The molecule has 0 N–H and O–H groups in total. The lowest BCUT2D eigenvalue weighted by molar-refractivity contribution is 0.416. The van der Waals surface area contributed by atoms with Gasteiger partial charge in [-0.1, -0.05) is 19.9 Å². The van der Waals surface area contributed by atoms with E-state index >= 15 is 0 Å². The highest BCUT2D eigenvalue weighted by Gasteiger charge is 2.26. The molecule has 0 heterocycles. The third kappa shape index (κ3) is 2.86. The van der Waals surface area contributed by atoms with E-state index in [0.29, 0.717) is 6.54 Å². The Morgan fingerprint density at radius 3 is 2.56 bits per heavy atom. The van der Waals surface area contributed by atoms with Crippen LogP contribution in [0.2, 0.25) is 0 Å². The summed E-state index contributed by atoms with van der Waals surface area (Å²) >= 11 is 0.